The second-order valence-corrected chi connectivity index (χ2v) is 4.50. The van der Waals surface area contributed by atoms with E-state index in [9.17, 15) is 9.59 Å². The summed E-state index contributed by atoms with van der Waals surface area (Å²) in [6.45, 7) is 3.47. The molecule has 19 heavy (non-hydrogen) atoms. The zero-order chi connectivity index (χ0) is 14.0. The second kappa shape index (κ2) is 5.05. The molecule has 0 unspecified atom stereocenters. The number of amides is 1. The van der Waals surface area contributed by atoms with Crippen LogP contribution in [0.3, 0.4) is 0 Å². The third-order valence-electron chi connectivity index (χ3n) is 2.79. The molecule has 2 aromatic heterocycles. The number of hydrogen-bond acceptors (Lipinski definition) is 4. The number of carboxylic acid groups (broad SMARTS) is 1. The molecule has 2 heterocycles. The lowest BCUT2D eigenvalue weighted by Crippen LogP contribution is -2.44. The average Bonchev–Trinajstić information content (AvgIpc) is 2.78. The molecule has 1 atom stereocenters. The number of carbonyl (C=O) groups excluding carboxylic acids is 1. The largest absolute Gasteiger partial charge is 0.480 e. The van der Waals surface area contributed by atoms with E-state index in [1.54, 1.807) is 26.2 Å². The number of fused-ring (bicyclic) bond motifs is 1. The fourth-order valence-corrected chi connectivity index (χ4v) is 1.74. The van der Waals surface area contributed by atoms with Gasteiger partial charge in [0, 0.05) is 12.4 Å². The monoisotopic (exact) mass is 262 g/mol. The number of aliphatic carboxylic acids is 1. The van der Waals surface area contributed by atoms with Crippen LogP contribution in [-0.4, -0.2) is 37.6 Å². The zero-order valence-electron chi connectivity index (χ0n) is 10.6. The normalized spacial score (nSPS) is 12.6. The Labute approximate surface area is 109 Å². The van der Waals surface area contributed by atoms with Gasteiger partial charge in [0.1, 0.15) is 6.04 Å². The Kier molecular flexibility index (Phi) is 3.46. The molecular weight excluding hydrogens is 248 g/mol. The first-order chi connectivity index (χ1) is 9.00. The number of aromatic nitrogens is 3. The van der Waals surface area contributed by atoms with Crippen molar-refractivity contribution >= 4 is 17.4 Å². The average molecular weight is 262 g/mol. The molecular formula is C12H14N4O3. The van der Waals surface area contributed by atoms with E-state index in [1.807, 2.05) is 0 Å². The van der Waals surface area contributed by atoms with Crippen molar-refractivity contribution in [1.29, 1.82) is 0 Å². The van der Waals surface area contributed by atoms with Crippen LogP contribution in [0.25, 0.3) is 5.52 Å². The summed E-state index contributed by atoms with van der Waals surface area (Å²) in [6, 6.07) is -0.931. The van der Waals surface area contributed by atoms with Crippen molar-refractivity contribution in [2.45, 2.75) is 19.9 Å². The fourth-order valence-electron chi connectivity index (χ4n) is 1.74. The Bertz CT molecular complexity index is 620. The zero-order valence-corrected chi connectivity index (χ0v) is 10.6. The smallest absolute Gasteiger partial charge is 0.326 e. The molecule has 0 aliphatic heterocycles. The molecule has 0 bridgehead atoms. The first-order valence-electron chi connectivity index (χ1n) is 5.81. The molecule has 0 aliphatic rings. The van der Waals surface area contributed by atoms with Gasteiger partial charge in [-0.1, -0.05) is 13.8 Å². The number of rotatable bonds is 4. The van der Waals surface area contributed by atoms with Crippen molar-refractivity contribution in [3.8, 4) is 0 Å². The van der Waals surface area contributed by atoms with Gasteiger partial charge in [-0.15, -0.1) is 0 Å². The van der Waals surface area contributed by atoms with Gasteiger partial charge in [0.2, 0.25) is 0 Å². The minimum absolute atomic E-state index is 0.207. The molecule has 7 nitrogen and oxygen atoms in total. The lowest BCUT2D eigenvalue weighted by molar-refractivity contribution is -0.140. The molecule has 100 valence electrons. The standard InChI is InChI=1S/C12H14N4O3/c1-7(2)10(12(18)19)15-11(17)8-5-14-16-4-3-13-6-9(8)16/h3-7,10H,1-2H3,(H,15,17)(H,18,19)/t10-/m1/s1. The van der Waals surface area contributed by atoms with Crippen molar-refractivity contribution in [2.75, 3.05) is 0 Å². The molecule has 2 aromatic rings. The highest BCUT2D eigenvalue weighted by Gasteiger charge is 2.25. The molecule has 0 saturated heterocycles. The molecule has 7 heteroatoms. The number of carbonyl (C=O) groups is 2. The number of hydrogen-bond donors (Lipinski definition) is 2. The summed E-state index contributed by atoms with van der Waals surface area (Å²) in [7, 11) is 0. The van der Waals surface area contributed by atoms with Crippen LogP contribution >= 0.6 is 0 Å². The summed E-state index contributed by atoms with van der Waals surface area (Å²) in [6.07, 6.45) is 6.07. The van der Waals surface area contributed by atoms with E-state index in [0.29, 0.717) is 11.1 Å². The van der Waals surface area contributed by atoms with Crippen LogP contribution in [0.4, 0.5) is 0 Å². The molecule has 0 aliphatic carbocycles. The molecule has 0 saturated carbocycles. The lowest BCUT2D eigenvalue weighted by atomic mass is 10.0. The Balaban J connectivity index is 2.27. The third kappa shape index (κ3) is 2.54. The molecule has 2 N–H and O–H groups in total. The first kappa shape index (κ1) is 13.0. The van der Waals surface area contributed by atoms with Crippen LogP contribution in [0.2, 0.25) is 0 Å². The van der Waals surface area contributed by atoms with Crippen LogP contribution in [-0.2, 0) is 4.79 Å². The highest BCUT2D eigenvalue weighted by atomic mass is 16.4. The fraction of sp³-hybridized carbons (Fsp3) is 0.333. The Hall–Kier alpha value is -2.44. The van der Waals surface area contributed by atoms with E-state index >= 15 is 0 Å². The van der Waals surface area contributed by atoms with Crippen LogP contribution < -0.4 is 5.32 Å². The summed E-state index contributed by atoms with van der Waals surface area (Å²) < 4.78 is 1.51. The minimum Gasteiger partial charge on any atom is -0.480 e. The summed E-state index contributed by atoms with van der Waals surface area (Å²) in [5.74, 6) is -1.73. The minimum atomic E-state index is -1.06. The molecule has 0 radical (unpaired) electrons. The quantitative estimate of drug-likeness (QED) is 0.839. The number of nitrogens with one attached hydrogen (secondary N) is 1. The Morgan fingerprint density at radius 1 is 1.37 bits per heavy atom. The highest BCUT2D eigenvalue weighted by molar-refractivity contribution is 6.02. The van der Waals surface area contributed by atoms with Gasteiger partial charge in [0.15, 0.2) is 0 Å². The van der Waals surface area contributed by atoms with Crippen LogP contribution in [0.15, 0.2) is 24.8 Å². The molecule has 1 amide bonds. The van der Waals surface area contributed by atoms with Crippen LogP contribution in [0.5, 0.6) is 0 Å². The van der Waals surface area contributed by atoms with E-state index < -0.39 is 17.9 Å². The van der Waals surface area contributed by atoms with Gasteiger partial charge in [-0.25, -0.2) is 9.31 Å². The summed E-state index contributed by atoms with van der Waals surface area (Å²) >= 11 is 0. The SMILES string of the molecule is CC(C)[C@@H](NC(=O)c1cnn2ccncc12)C(=O)O. The highest BCUT2D eigenvalue weighted by Crippen LogP contribution is 2.10. The summed E-state index contributed by atoms with van der Waals surface area (Å²) in [4.78, 5) is 27.1. The van der Waals surface area contributed by atoms with E-state index in [0.717, 1.165) is 0 Å². The third-order valence-corrected chi connectivity index (χ3v) is 2.79. The Morgan fingerprint density at radius 3 is 2.74 bits per heavy atom. The summed E-state index contributed by atoms with van der Waals surface area (Å²) in [5, 5.41) is 15.6. The molecule has 2 rings (SSSR count). The van der Waals surface area contributed by atoms with Gasteiger partial charge in [-0.3, -0.25) is 9.78 Å². The van der Waals surface area contributed by atoms with Crippen molar-refractivity contribution in [3.63, 3.8) is 0 Å². The maximum absolute atomic E-state index is 12.1. The van der Waals surface area contributed by atoms with Crippen molar-refractivity contribution in [3.05, 3.63) is 30.4 Å². The van der Waals surface area contributed by atoms with E-state index in [-0.39, 0.29) is 5.92 Å². The van der Waals surface area contributed by atoms with Crippen molar-refractivity contribution in [1.82, 2.24) is 19.9 Å². The van der Waals surface area contributed by atoms with Crippen molar-refractivity contribution in [2.24, 2.45) is 5.92 Å². The van der Waals surface area contributed by atoms with E-state index in [4.69, 9.17) is 5.11 Å². The van der Waals surface area contributed by atoms with E-state index in [2.05, 4.69) is 15.4 Å². The number of nitrogens with zero attached hydrogens (tertiary/aromatic N) is 3. The second-order valence-electron chi connectivity index (χ2n) is 4.50. The summed E-state index contributed by atoms with van der Waals surface area (Å²) in [5.41, 5.74) is 0.841. The molecule has 0 fully saturated rings. The maximum Gasteiger partial charge on any atom is 0.326 e. The lowest BCUT2D eigenvalue weighted by Gasteiger charge is -2.17. The van der Waals surface area contributed by atoms with Gasteiger partial charge in [0.05, 0.1) is 23.5 Å². The van der Waals surface area contributed by atoms with Gasteiger partial charge >= 0.3 is 5.97 Å². The molecule has 0 spiro atoms. The number of carboxylic acids is 1. The topological polar surface area (TPSA) is 96.6 Å². The van der Waals surface area contributed by atoms with Crippen LogP contribution in [0, 0.1) is 5.92 Å². The first-order valence-corrected chi connectivity index (χ1v) is 5.81. The van der Waals surface area contributed by atoms with Crippen LogP contribution in [0.1, 0.15) is 24.2 Å². The van der Waals surface area contributed by atoms with E-state index in [1.165, 1.54) is 16.9 Å². The molecule has 0 aromatic carbocycles. The predicted molar refractivity (Wildman–Crippen MR) is 66.7 cm³/mol. The predicted octanol–water partition coefficient (Wildman–Crippen LogP) is 0.568. The van der Waals surface area contributed by atoms with Gasteiger partial charge < -0.3 is 10.4 Å². The maximum atomic E-state index is 12.1. The van der Waals surface area contributed by atoms with Gasteiger partial charge in [-0.2, -0.15) is 5.10 Å². The Morgan fingerprint density at radius 2 is 2.11 bits per heavy atom. The van der Waals surface area contributed by atoms with Gasteiger partial charge in [-0.05, 0) is 5.92 Å². The van der Waals surface area contributed by atoms with Crippen molar-refractivity contribution < 1.29 is 14.7 Å². The van der Waals surface area contributed by atoms with Gasteiger partial charge in [0.25, 0.3) is 5.91 Å².